The van der Waals surface area contributed by atoms with E-state index in [-0.39, 0.29) is 17.6 Å². The molecule has 2 rings (SSSR count). The number of nitrogens with zero attached hydrogens (tertiary/aromatic N) is 1. The molecular weight excluding hydrogens is 223 g/mol. The average Bonchev–Trinajstić information content (AvgIpc) is 2.72. The number of hydrogen-bond acceptors (Lipinski definition) is 3. The van der Waals surface area contributed by atoms with E-state index in [9.17, 15) is 9.18 Å². The topological polar surface area (TPSA) is 66.6 Å². The standard InChI is InChI=1S/C12H15FN2O2/c13-10-5-8(1-2-11(10)16)6-15-4-3-9(7-15)12(14)17/h1-2,5,9,16H,3-4,6-7H2,(H2,14,17). The number of phenols is 1. The quantitative estimate of drug-likeness (QED) is 0.820. The van der Waals surface area contributed by atoms with Gasteiger partial charge in [-0.05, 0) is 30.7 Å². The second-order valence-corrected chi connectivity index (χ2v) is 4.41. The number of phenolic OH excluding ortho intramolecular Hbond substituents is 1. The van der Waals surface area contributed by atoms with Gasteiger partial charge in [-0.25, -0.2) is 4.39 Å². The van der Waals surface area contributed by atoms with Crippen molar-refractivity contribution in [1.82, 2.24) is 4.90 Å². The first-order valence-corrected chi connectivity index (χ1v) is 5.55. The molecule has 0 bridgehead atoms. The molecule has 1 fully saturated rings. The number of rotatable bonds is 3. The molecule has 1 aliphatic rings. The second kappa shape index (κ2) is 4.71. The second-order valence-electron chi connectivity index (χ2n) is 4.41. The summed E-state index contributed by atoms with van der Waals surface area (Å²) >= 11 is 0. The number of likely N-dealkylation sites (tertiary alicyclic amines) is 1. The summed E-state index contributed by atoms with van der Waals surface area (Å²) in [4.78, 5) is 13.1. The summed E-state index contributed by atoms with van der Waals surface area (Å²) in [5.74, 6) is -1.33. The number of amides is 1. The highest BCUT2D eigenvalue weighted by Gasteiger charge is 2.26. The van der Waals surface area contributed by atoms with Gasteiger partial charge < -0.3 is 10.8 Å². The predicted molar refractivity (Wildman–Crippen MR) is 60.6 cm³/mol. The van der Waals surface area contributed by atoms with Crippen LogP contribution in [0.5, 0.6) is 5.75 Å². The van der Waals surface area contributed by atoms with Crippen LogP contribution in [0.15, 0.2) is 18.2 Å². The Hall–Kier alpha value is -1.62. The Morgan fingerprint density at radius 3 is 2.94 bits per heavy atom. The van der Waals surface area contributed by atoms with E-state index in [0.717, 1.165) is 18.5 Å². The maximum atomic E-state index is 13.1. The third-order valence-electron chi connectivity index (χ3n) is 3.09. The lowest BCUT2D eigenvalue weighted by atomic mass is 10.1. The normalized spacial score (nSPS) is 20.6. The molecule has 1 aromatic carbocycles. The van der Waals surface area contributed by atoms with Crippen LogP contribution in [-0.4, -0.2) is 29.0 Å². The zero-order valence-electron chi connectivity index (χ0n) is 9.40. The van der Waals surface area contributed by atoms with Crippen molar-refractivity contribution in [2.45, 2.75) is 13.0 Å². The summed E-state index contributed by atoms with van der Waals surface area (Å²) in [5.41, 5.74) is 6.02. The fraction of sp³-hybridized carbons (Fsp3) is 0.417. The molecule has 1 unspecified atom stereocenters. The van der Waals surface area contributed by atoms with E-state index in [1.54, 1.807) is 6.07 Å². The zero-order valence-corrected chi connectivity index (χ0v) is 9.40. The highest BCUT2D eigenvalue weighted by atomic mass is 19.1. The van der Waals surface area contributed by atoms with Crippen LogP contribution in [0.2, 0.25) is 0 Å². The van der Waals surface area contributed by atoms with E-state index in [4.69, 9.17) is 10.8 Å². The van der Waals surface area contributed by atoms with E-state index < -0.39 is 5.82 Å². The van der Waals surface area contributed by atoms with Crippen molar-refractivity contribution in [2.24, 2.45) is 11.7 Å². The number of aromatic hydroxyl groups is 1. The van der Waals surface area contributed by atoms with Crippen molar-refractivity contribution in [3.05, 3.63) is 29.6 Å². The van der Waals surface area contributed by atoms with Crippen LogP contribution in [0.1, 0.15) is 12.0 Å². The molecule has 0 radical (unpaired) electrons. The van der Waals surface area contributed by atoms with E-state index in [1.807, 2.05) is 0 Å². The van der Waals surface area contributed by atoms with E-state index in [2.05, 4.69) is 4.90 Å². The van der Waals surface area contributed by atoms with Crippen molar-refractivity contribution >= 4 is 5.91 Å². The molecule has 17 heavy (non-hydrogen) atoms. The molecular formula is C12H15FN2O2. The highest BCUT2D eigenvalue weighted by molar-refractivity contribution is 5.77. The Labute approximate surface area is 98.8 Å². The van der Waals surface area contributed by atoms with Gasteiger partial charge in [-0.3, -0.25) is 9.69 Å². The third kappa shape index (κ3) is 2.74. The first kappa shape index (κ1) is 11.9. The van der Waals surface area contributed by atoms with Gasteiger partial charge in [0, 0.05) is 13.1 Å². The van der Waals surface area contributed by atoms with Crippen LogP contribution in [0.25, 0.3) is 0 Å². The first-order valence-electron chi connectivity index (χ1n) is 5.55. The summed E-state index contributed by atoms with van der Waals surface area (Å²) in [6.07, 6.45) is 0.760. The smallest absolute Gasteiger partial charge is 0.221 e. The SMILES string of the molecule is NC(=O)C1CCN(Cc2ccc(O)c(F)c2)C1. The Morgan fingerprint density at radius 1 is 1.59 bits per heavy atom. The fourth-order valence-electron chi connectivity index (χ4n) is 2.12. The van der Waals surface area contributed by atoms with Gasteiger partial charge in [0.05, 0.1) is 5.92 Å². The lowest BCUT2D eigenvalue weighted by Gasteiger charge is -2.15. The molecule has 0 aromatic heterocycles. The Morgan fingerprint density at radius 2 is 2.35 bits per heavy atom. The minimum absolute atomic E-state index is 0.100. The molecule has 92 valence electrons. The van der Waals surface area contributed by atoms with E-state index in [0.29, 0.717) is 13.1 Å². The van der Waals surface area contributed by atoms with Crippen molar-refractivity contribution in [1.29, 1.82) is 0 Å². The van der Waals surface area contributed by atoms with Crippen LogP contribution in [0.3, 0.4) is 0 Å². The lowest BCUT2D eigenvalue weighted by Crippen LogP contribution is -2.27. The van der Waals surface area contributed by atoms with Crippen LogP contribution >= 0.6 is 0 Å². The molecule has 1 aromatic rings. The summed E-state index contributed by atoms with van der Waals surface area (Å²) in [6.45, 7) is 1.98. The molecule has 3 N–H and O–H groups in total. The summed E-state index contributed by atoms with van der Waals surface area (Å²) in [6, 6.07) is 4.33. The zero-order chi connectivity index (χ0) is 12.4. The van der Waals surface area contributed by atoms with Gasteiger partial charge in [0.1, 0.15) is 0 Å². The predicted octanol–water partition coefficient (Wildman–Crippen LogP) is 0.838. The molecule has 0 aliphatic carbocycles. The van der Waals surface area contributed by atoms with Gasteiger partial charge in [0.15, 0.2) is 11.6 Å². The van der Waals surface area contributed by atoms with E-state index in [1.165, 1.54) is 12.1 Å². The van der Waals surface area contributed by atoms with Crippen molar-refractivity contribution < 1.29 is 14.3 Å². The molecule has 1 saturated heterocycles. The van der Waals surface area contributed by atoms with Crippen LogP contribution in [0, 0.1) is 11.7 Å². The number of carbonyl (C=O) groups excluding carboxylic acids is 1. The number of hydrogen-bond donors (Lipinski definition) is 2. The molecule has 1 heterocycles. The molecule has 4 nitrogen and oxygen atoms in total. The summed E-state index contributed by atoms with van der Waals surface area (Å²) in [7, 11) is 0. The lowest BCUT2D eigenvalue weighted by molar-refractivity contribution is -0.121. The van der Waals surface area contributed by atoms with Gasteiger partial charge in [-0.2, -0.15) is 0 Å². The van der Waals surface area contributed by atoms with E-state index >= 15 is 0 Å². The van der Waals surface area contributed by atoms with Crippen LogP contribution < -0.4 is 5.73 Å². The van der Waals surface area contributed by atoms with Gasteiger partial charge in [-0.15, -0.1) is 0 Å². The number of benzene rings is 1. The number of carbonyl (C=O) groups is 1. The molecule has 1 amide bonds. The molecule has 0 spiro atoms. The van der Waals surface area contributed by atoms with Crippen molar-refractivity contribution in [3.8, 4) is 5.75 Å². The summed E-state index contributed by atoms with van der Waals surface area (Å²) in [5, 5.41) is 9.07. The van der Waals surface area contributed by atoms with Gasteiger partial charge in [0.2, 0.25) is 5.91 Å². The maximum Gasteiger partial charge on any atom is 0.221 e. The number of halogens is 1. The number of primary amides is 1. The van der Waals surface area contributed by atoms with Gasteiger partial charge in [-0.1, -0.05) is 6.07 Å². The Kier molecular flexibility index (Phi) is 3.28. The van der Waals surface area contributed by atoms with Gasteiger partial charge in [0.25, 0.3) is 0 Å². The summed E-state index contributed by atoms with van der Waals surface area (Å²) < 4.78 is 13.1. The van der Waals surface area contributed by atoms with Crippen LogP contribution in [0.4, 0.5) is 4.39 Å². The molecule has 1 atom stereocenters. The Bertz CT molecular complexity index is 437. The van der Waals surface area contributed by atoms with Gasteiger partial charge >= 0.3 is 0 Å². The fourth-order valence-corrected chi connectivity index (χ4v) is 2.12. The minimum Gasteiger partial charge on any atom is -0.505 e. The maximum absolute atomic E-state index is 13.1. The number of nitrogens with two attached hydrogens (primary N) is 1. The average molecular weight is 238 g/mol. The monoisotopic (exact) mass is 238 g/mol. The molecule has 5 heteroatoms. The Balaban J connectivity index is 1.98. The minimum atomic E-state index is -0.617. The van der Waals surface area contributed by atoms with Crippen molar-refractivity contribution in [2.75, 3.05) is 13.1 Å². The third-order valence-corrected chi connectivity index (χ3v) is 3.09. The molecule has 0 saturated carbocycles. The van der Waals surface area contributed by atoms with Crippen LogP contribution in [-0.2, 0) is 11.3 Å². The molecule has 1 aliphatic heterocycles. The largest absolute Gasteiger partial charge is 0.505 e. The highest BCUT2D eigenvalue weighted by Crippen LogP contribution is 2.21. The van der Waals surface area contributed by atoms with Crippen molar-refractivity contribution in [3.63, 3.8) is 0 Å². The first-order chi connectivity index (χ1) is 8.06.